The molecule has 0 bridgehead atoms. The van der Waals surface area contributed by atoms with Gasteiger partial charge in [0.05, 0.1) is 30.2 Å². The van der Waals surface area contributed by atoms with E-state index in [9.17, 15) is 9.18 Å². The van der Waals surface area contributed by atoms with E-state index in [0.717, 1.165) is 11.3 Å². The van der Waals surface area contributed by atoms with E-state index in [2.05, 4.69) is 15.6 Å². The van der Waals surface area contributed by atoms with Gasteiger partial charge >= 0.3 is 0 Å². The number of hydrogen-bond donors (Lipinski definition) is 2. The summed E-state index contributed by atoms with van der Waals surface area (Å²) < 4.78 is 19.0. The van der Waals surface area contributed by atoms with Crippen molar-refractivity contribution < 1.29 is 13.9 Å². The predicted molar refractivity (Wildman–Crippen MR) is 105 cm³/mol. The van der Waals surface area contributed by atoms with Crippen LogP contribution in [0.15, 0.2) is 54.7 Å². The van der Waals surface area contributed by atoms with E-state index in [0.29, 0.717) is 22.3 Å². The smallest absolute Gasteiger partial charge is 0.258 e. The van der Waals surface area contributed by atoms with Crippen molar-refractivity contribution in [2.75, 3.05) is 17.7 Å². The zero-order valence-electron chi connectivity index (χ0n) is 14.7. The largest absolute Gasteiger partial charge is 0.495 e. The number of halogens is 2. The molecular formula is C20H17ClFN3O2. The highest BCUT2D eigenvalue weighted by molar-refractivity contribution is 6.31. The summed E-state index contributed by atoms with van der Waals surface area (Å²) in [6.07, 6.45) is 1.48. The molecule has 3 aromatic rings. The van der Waals surface area contributed by atoms with Crippen molar-refractivity contribution in [3.8, 4) is 5.75 Å². The molecule has 0 aliphatic carbocycles. The molecule has 0 aliphatic rings. The van der Waals surface area contributed by atoms with E-state index in [1.807, 2.05) is 13.0 Å². The number of methoxy groups -OCH3 is 1. The number of aromatic nitrogens is 1. The van der Waals surface area contributed by atoms with E-state index < -0.39 is 11.7 Å². The monoisotopic (exact) mass is 385 g/mol. The minimum atomic E-state index is -0.577. The topological polar surface area (TPSA) is 63.2 Å². The molecule has 27 heavy (non-hydrogen) atoms. The van der Waals surface area contributed by atoms with Gasteiger partial charge in [0.1, 0.15) is 17.4 Å². The maximum absolute atomic E-state index is 13.7. The maximum Gasteiger partial charge on any atom is 0.258 e. The van der Waals surface area contributed by atoms with Crippen molar-refractivity contribution in [2.24, 2.45) is 0 Å². The van der Waals surface area contributed by atoms with Gasteiger partial charge in [-0.2, -0.15) is 0 Å². The van der Waals surface area contributed by atoms with Gasteiger partial charge in [-0.25, -0.2) is 9.37 Å². The average Bonchev–Trinajstić information content (AvgIpc) is 2.66. The molecular weight excluding hydrogens is 369 g/mol. The van der Waals surface area contributed by atoms with Gasteiger partial charge in [0.2, 0.25) is 0 Å². The lowest BCUT2D eigenvalue weighted by atomic mass is 10.2. The first-order valence-corrected chi connectivity index (χ1v) is 8.49. The zero-order chi connectivity index (χ0) is 19.4. The lowest BCUT2D eigenvalue weighted by molar-refractivity contribution is 0.102. The fraction of sp³-hybridized carbons (Fsp3) is 0.100. The van der Waals surface area contributed by atoms with Crippen LogP contribution in [0.4, 0.5) is 21.6 Å². The van der Waals surface area contributed by atoms with Gasteiger partial charge in [-0.05, 0) is 42.8 Å². The highest BCUT2D eigenvalue weighted by Gasteiger charge is 2.12. The molecule has 0 radical (unpaired) electrons. The summed E-state index contributed by atoms with van der Waals surface area (Å²) in [6, 6.07) is 12.7. The van der Waals surface area contributed by atoms with Crippen molar-refractivity contribution in [2.45, 2.75) is 6.92 Å². The molecule has 7 heteroatoms. The van der Waals surface area contributed by atoms with Crippen LogP contribution in [0.3, 0.4) is 0 Å². The van der Waals surface area contributed by atoms with Gasteiger partial charge in [-0.1, -0.05) is 23.7 Å². The van der Waals surface area contributed by atoms with Gasteiger partial charge in [-0.3, -0.25) is 4.79 Å². The number of benzene rings is 2. The second-order valence-electron chi connectivity index (χ2n) is 5.79. The molecule has 2 N–H and O–H groups in total. The zero-order valence-corrected chi connectivity index (χ0v) is 15.5. The number of amides is 1. The summed E-state index contributed by atoms with van der Waals surface area (Å²) in [4.78, 5) is 16.4. The van der Waals surface area contributed by atoms with E-state index in [1.165, 1.54) is 24.4 Å². The van der Waals surface area contributed by atoms with Crippen LogP contribution in [-0.2, 0) is 0 Å². The highest BCUT2D eigenvalue weighted by Crippen LogP contribution is 2.32. The van der Waals surface area contributed by atoms with E-state index in [-0.39, 0.29) is 5.56 Å². The number of pyridine rings is 1. The fourth-order valence-corrected chi connectivity index (χ4v) is 2.61. The van der Waals surface area contributed by atoms with Crippen molar-refractivity contribution in [3.63, 3.8) is 0 Å². The summed E-state index contributed by atoms with van der Waals surface area (Å²) in [5.74, 6) is 0.0281. The maximum atomic E-state index is 13.7. The SMILES string of the molecule is COc1cc(Cl)c(C)cc1Nc1ccc(NC(=O)c2ccccc2F)cn1. The normalized spacial score (nSPS) is 10.4. The third kappa shape index (κ3) is 4.35. The number of carbonyl (C=O) groups excluding carboxylic acids is 1. The first-order chi connectivity index (χ1) is 13.0. The van der Waals surface area contributed by atoms with E-state index in [1.54, 1.807) is 31.4 Å². The number of ether oxygens (including phenoxy) is 1. The number of nitrogens with zero attached hydrogens (tertiary/aromatic N) is 1. The summed E-state index contributed by atoms with van der Waals surface area (Å²) in [5.41, 5.74) is 2.04. The predicted octanol–water partition coefficient (Wildman–Crippen LogP) is 5.19. The Morgan fingerprint density at radius 3 is 2.63 bits per heavy atom. The van der Waals surface area contributed by atoms with Crippen LogP contribution in [0.1, 0.15) is 15.9 Å². The Morgan fingerprint density at radius 1 is 1.19 bits per heavy atom. The summed E-state index contributed by atoms with van der Waals surface area (Å²) in [5, 5.41) is 6.37. The Bertz CT molecular complexity index is 977. The lowest BCUT2D eigenvalue weighted by Crippen LogP contribution is -2.13. The molecule has 0 atom stereocenters. The quantitative estimate of drug-likeness (QED) is 0.634. The van der Waals surface area contributed by atoms with Crippen LogP contribution in [0, 0.1) is 12.7 Å². The number of hydrogen-bond acceptors (Lipinski definition) is 4. The van der Waals surface area contributed by atoms with Crippen LogP contribution in [0.25, 0.3) is 0 Å². The first-order valence-electron chi connectivity index (χ1n) is 8.11. The van der Waals surface area contributed by atoms with Crippen LogP contribution >= 0.6 is 11.6 Å². The molecule has 0 saturated carbocycles. The number of carbonyl (C=O) groups is 1. The third-order valence-electron chi connectivity index (χ3n) is 3.88. The fourth-order valence-electron chi connectivity index (χ4n) is 2.45. The molecule has 0 unspecified atom stereocenters. The van der Waals surface area contributed by atoms with Crippen LogP contribution in [0.5, 0.6) is 5.75 Å². The Hall–Kier alpha value is -3.12. The average molecular weight is 386 g/mol. The van der Waals surface area contributed by atoms with E-state index >= 15 is 0 Å². The second kappa shape index (κ2) is 8.05. The molecule has 2 aromatic carbocycles. The Morgan fingerprint density at radius 2 is 1.96 bits per heavy atom. The van der Waals surface area contributed by atoms with Crippen molar-refractivity contribution >= 4 is 34.7 Å². The number of anilines is 3. The summed E-state index contributed by atoms with van der Waals surface area (Å²) in [6.45, 7) is 1.89. The summed E-state index contributed by atoms with van der Waals surface area (Å²) in [7, 11) is 1.56. The van der Waals surface area contributed by atoms with Crippen molar-refractivity contribution in [1.29, 1.82) is 0 Å². The van der Waals surface area contributed by atoms with E-state index in [4.69, 9.17) is 16.3 Å². The molecule has 1 amide bonds. The third-order valence-corrected chi connectivity index (χ3v) is 4.29. The van der Waals surface area contributed by atoms with Gasteiger partial charge in [0.25, 0.3) is 5.91 Å². The Kier molecular flexibility index (Phi) is 5.57. The van der Waals surface area contributed by atoms with Gasteiger partial charge in [0, 0.05) is 11.1 Å². The second-order valence-corrected chi connectivity index (χ2v) is 6.20. The van der Waals surface area contributed by atoms with Crippen LogP contribution < -0.4 is 15.4 Å². The highest BCUT2D eigenvalue weighted by atomic mass is 35.5. The molecule has 1 aromatic heterocycles. The van der Waals surface area contributed by atoms with Crippen LogP contribution in [0.2, 0.25) is 5.02 Å². The molecule has 0 aliphatic heterocycles. The molecule has 3 rings (SSSR count). The Labute approximate surface area is 161 Å². The minimum absolute atomic E-state index is 0.0268. The number of aryl methyl sites for hydroxylation is 1. The molecule has 138 valence electrons. The molecule has 0 spiro atoms. The van der Waals surface area contributed by atoms with Crippen molar-refractivity contribution in [1.82, 2.24) is 4.98 Å². The lowest BCUT2D eigenvalue weighted by Gasteiger charge is -2.13. The Balaban J connectivity index is 1.74. The number of rotatable bonds is 5. The molecule has 0 saturated heterocycles. The molecule has 1 heterocycles. The van der Waals surface area contributed by atoms with Gasteiger partial charge in [-0.15, -0.1) is 0 Å². The number of nitrogens with one attached hydrogen (secondary N) is 2. The summed E-state index contributed by atoms with van der Waals surface area (Å²) >= 11 is 6.11. The minimum Gasteiger partial charge on any atom is -0.495 e. The first kappa shape index (κ1) is 18.7. The molecule has 5 nitrogen and oxygen atoms in total. The van der Waals surface area contributed by atoms with Gasteiger partial charge < -0.3 is 15.4 Å². The standard InChI is InChI=1S/C20H17ClFN3O2/c1-12-9-17(18(27-2)10-15(12)21)25-19-8-7-13(11-23-19)24-20(26)14-5-3-4-6-16(14)22/h3-11H,1-2H3,(H,23,25)(H,24,26). The molecule has 0 fully saturated rings. The van der Waals surface area contributed by atoms with Crippen LogP contribution in [-0.4, -0.2) is 18.0 Å². The van der Waals surface area contributed by atoms with Gasteiger partial charge in [0.15, 0.2) is 0 Å². The van der Waals surface area contributed by atoms with Crippen molar-refractivity contribution in [3.05, 3.63) is 76.7 Å².